The van der Waals surface area contributed by atoms with Gasteiger partial charge < -0.3 is 9.40 Å². The monoisotopic (exact) mass is 460 g/mol. The van der Waals surface area contributed by atoms with Crippen LogP contribution in [0.4, 0.5) is 0 Å². The van der Waals surface area contributed by atoms with Crippen LogP contribution < -0.4 is 5.56 Å². The topological polar surface area (TPSA) is 92.8 Å². The number of aryl methyl sites for hydroxylation is 1. The first-order valence-corrected chi connectivity index (χ1v) is 12.2. The van der Waals surface area contributed by atoms with E-state index in [4.69, 9.17) is 4.42 Å². The second-order valence-corrected chi connectivity index (χ2v) is 9.76. The SMILES string of the molecule is Cc1cccc2cc(CN(Cc3ccco3)C(c3nnnn3C3CCCC3)C(C)C)c(=O)[nH]c12. The smallest absolute Gasteiger partial charge is 0.252 e. The zero-order valence-electron chi connectivity index (χ0n) is 20.1. The van der Waals surface area contributed by atoms with Crippen molar-refractivity contribution in [3.8, 4) is 0 Å². The third-order valence-electron chi connectivity index (χ3n) is 6.96. The lowest BCUT2D eigenvalue weighted by Gasteiger charge is -2.33. The van der Waals surface area contributed by atoms with Crippen LogP contribution in [0.15, 0.2) is 51.9 Å². The number of benzene rings is 1. The summed E-state index contributed by atoms with van der Waals surface area (Å²) in [6.07, 6.45) is 6.30. The summed E-state index contributed by atoms with van der Waals surface area (Å²) in [7, 11) is 0. The van der Waals surface area contributed by atoms with Gasteiger partial charge in [-0.05, 0) is 65.3 Å². The van der Waals surface area contributed by atoms with Gasteiger partial charge >= 0.3 is 0 Å². The second kappa shape index (κ2) is 9.54. The van der Waals surface area contributed by atoms with E-state index in [1.165, 1.54) is 12.8 Å². The maximum absolute atomic E-state index is 13.1. The zero-order chi connectivity index (χ0) is 23.7. The van der Waals surface area contributed by atoms with Crippen molar-refractivity contribution in [3.63, 3.8) is 0 Å². The van der Waals surface area contributed by atoms with Crippen molar-refractivity contribution < 1.29 is 4.42 Å². The lowest BCUT2D eigenvalue weighted by atomic mass is 9.99. The molecule has 1 saturated carbocycles. The summed E-state index contributed by atoms with van der Waals surface area (Å²) < 4.78 is 7.74. The summed E-state index contributed by atoms with van der Waals surface area (Å²) in [5.74, 6) is 1.93. The maximum atomic E-state index is 13.1. The number of furan rings is 1. The lowest BCUT2D eigenvalue weighted by molar-refractivity contribution is 0.114. The Morgan fingerprint density at radius 2 is 2.00 bits per heavy atom. The van der Waals surface area contributed by atoms with Gasteiger partial charge in [-0.25, -0.2) is 4.68 Å². The predicted molar refractivity (Wildman–Crippen MR) is 130 cm³/mol. The Labute approximate surface area is 199 Å². The number of pyridine rings is 1. The molecule has 8 nitrogen and oxygen atoms in total. The number of nitrogens with zero attached hydrogens (tertiary/aromatic N) is 5. The molecule has 0 saturated heterocycles. The minimum absolute atomic E-state index is 0.0656. The highest BCUT2D eigenvalue weighted by Gasteiger charge is 2.33. The van der Waals surface area contributed by atoms with Crippen LogP contribution in [0.5, 0.6) is 0 Å². The Balaban J connectivity index is 1.55. The highest BCUT2D eigenvalue weighted by atomic mass is 16.3. The van der Waals surface area contributed by atoms with Crippen molar-refractivity contribution in [3.05, 3.63) is 75.7 Å². The van der Waals surface area contributed by atoms with Crippen molar-refractivity contribution >= 4 is 10.9 Å². The number of fused-ring (bicyclic) bond motifs is 1. The fourth-order valence-corrected chi connectivity index (χ4v) is 5.31. The van der Waals surface area contributed by atoms with Crippen LogP contribution in [0.25, 0.3) is 10.9 Å². The number of nitrogens with one attached hydrogen (secondary N) is 1. The third kappa shape index (κ3) is 4.42. The van der Waals surface area contributed by atoms with Crippen molar-refractivity contribution in [2.75, 3.05) is 0 Å². The molecule has 1 atom stereocenters. The molecule has 3 heterocycles. The van der Waals surface area contributed by atoms with E-state index in [0.29, 0.717) is 19.1 Å². The predicted octanol–water partition coefficient (Wildman–Crippen LogP) is 4.93. The molecule has 8 heteroatoms. The molecule has 1 fully saturated rings. The first kappa shape index (κ1) is 22.5. The minimum Gasteiger partial charge on any atom is -0.468 e. The van der Waals surface area contributed by atoms with Gasteiger partial charge in [0.25, 0.3) is 5.56 Å². The fraction of sp³-hybridized carbons (Fsp3) is 0.462. The first-order valence-electron chi connectivity index (χ1n) is 12.2. The standard InChI is InChI=1S/C26H32N6O2/c1-17(2)24(25-28-29-30-32(25)21-10-4-5-11-21)31(16-22-12-7-13-34-22)15-20-14-19-9-6-8-18(3)23(19)27-26(20)33/h6-9,12-14,17,21,24H,4-5,10-11,15-16H2,1-3H3,(H,27,33). The van der Waals surface area contributed by atoms with E-state index < -0.39 is 0 Å². The van der Waals surface area contributed by atoms with Gasteiger partial charge in [-0.15, -0.1) is 5.10 Å². The average Bonchev–Trinajstić information content (AvgIpc) is 3.58. The van der Waals surface area contributed by atoms with Crippen molar-refractivity contribution in [2.24, 2.45) is 5.92 Å². The summed E-state index contributed by atoms with van der Waals surface area (Å²) in [6.45, 7) is 7.39. The molecule has 1 aliphatic rings. The van der Waals surface area contributed by atoms with E-state index >= 15 is 0 Å². The van der Waals surface area contributed by atoms with Crippen LogP contribution in [0.2, 0.25) is 0 Å². The Morgan fingerprint density at radius 1 is 1.18 bits per heavy atom. The van der Waals surface area contributed by atoms with E-state index in [0.717, 1.165) is 46.5 Å². The molecule has 0 aliphatic heterocycles. The third-order valence-corrected chi connectivity index (χ3v) is 6.96. The van der Waals surface area contributed by atoms with E-state index in [9.17, 15) is 4.79 Å². The van der Waals surface area contributed by atoms with Crippen molar-refractivity contribution in [2.45, 2.75) is 71.6 Å². The van der Waals surface area contributed by atoms with Gasteiger partial charge in [0.05, 0.1) is 30.4 Å². The summed E-state index contributed by atoms with van der Waals surface area (Å²) in [5.41, 5.74) is 2.60. The minimum atomic E-state index is -0.0756. The quantitative estimate of drug-likeness (QED) is 0.401. The molecule has 4 aromatic rings. The summed E-state index contributed by atoms with van der Waals surface area (Å²) in [4.78, 5) is 18.5. The first-order chi connectivity index (χ1) is 16.5. The summed E-state index contributed by atoms with van der Waals surface area (Å²) in [5, 5.41) is 14.0. The molecular weight excluding hydrogens is 428 g/mol. The molecule has 0 amide bonds. The molecule has 1 N–H and O–H groups in total. The van der Waals surface area contributed by atoms with Crippen molar-refractivity contribution in [1.29, 1.82) is 0 Å². The largest absolute Gasteiger partial charge is 0.468 e. The highest BCUT2D eigenvalue weighted by Crippen LogP contribution is 2.35. The normalized spacial score (nSPS) is 15.7. The van der Waals surface area contributed by atoms with E-state index in [2.05, 4.69) is 39.3 Å². The second-order valence-electron chi connectivity index (χ2n) is 9.76. The molecule has 1 aromatic carbocycles. The Kier molecular flexibility index (Phi) is 6.32. The lowest BCUT2D eigenvalue weighted by Crippen LogP contribution is -2.35. The summed E-state index contributed by atoms with van der Waals surface area (Å²) >= 11 is 0. The maximum Gasteiger partial charge on any atom is 0.252 e. The number of aromatic amines is 1. The van der Waals surface area contributed by atoms with E-state index in [-0.39, 0.29) is 17.5 Å². The molecular formula is C26H32N6O2. The molecule has 34 heavy (non-hydrogen) atoms. The number of tetrazole rings is 1. The van der Waals surface area contributed by atoms with Gasteiger partial charge in [0.1, 0.15) is 5.76 Å². The van der Waals surface area contributed by atoms with E-state index in [1.54, 1.807) is 6.26 Å². The van der Waals surface area contributed by atoms with Gasteiger partial charge in [0, 0.05) is 12.1 Å². The number of hydrogen-bond donors (Lipinski definition) is 1. The molecule has 178 valence electrons. The Bertz CT molecular complexity index is 1300. The van der Waals surface area contributed by atoms with Crippen molar-refractivity contribution in [1.82, 2.24) is 30.1 Å². The highest BCUT2D eigenvalue weighted by molar-refractivity contribution is 5.81. The van der Waals surface area contributed by atoms with Gasteiger partial charge in [-0.2, -0.15) is 0 Å². The van der Waals surface area contributed by atoms with E-state index in [1.807, 2.05) is 48.0 Å². The molecule has 5 rings (SSSR count). The molecule has 0 bridgehead atoms. The Morgan fingerprint density at radius 3 is 2.74 bits per heavy atom. The average molecular weight is 461 g/mol. The molecule has 1 unspecified atom stereocenters. The number of aromatic nitrogens is 5. The molecule has 0 radical (unpaired) electrons. The van der Waals surface area contributed by atoms with Crippen LogP contribution in [-0.4, -0.2) is 30.1 Å². The zero-order valence-corrected chi connectivity index (χ0v) is 20.1. The fourth-order valence-electron chi connectivity index (χ4n) is 5.31. The number of rotatable bonds is 8. The Hall–Kier alpha value is -3.26. The number of para-hydroxylation sites is 1. The van der Waals surface area contributed by atoms with Crippen LogP contribution in [-0.2, 0) is 13.1 Å². The van der Waals surface area contributed by atoms with Crippen LogP contribution in [0, 0.1) is 12.8 Å². The van der Waals surface area contributed by atoms with Gasteiger partial charge in [-0.1, -0.05) is 44.9 Å². The van der Waals surface area contributed by atoms with Crippen LogP contribution >= 0.6 is 0 Å². The molecule has 1 aliphatic carbocycles. The van der Waals surface area contributed by atoms with Crippen LogP contribution in [0.3, 0.4) is 0 Å². The number of H-pyrrole nitrogens is 1. The molecule has 0 spiro atoms. The van der Waals surface area contributed by atoms with Gasteiger partial charge in [0.2, 0.25) is 0 Å². The van der Waals surface area contributed by atoms with Crippen LogP contribution in [0.1, 0.15) is 74.3 Å². The van der Waals surface area contributed by atoms with Gasteiger partial charge in [-0.3, -0.25) is 9.69 Å². The summed E-state index contributed by atoms with van der Waals surface area (Å²) in [6, 6.07) is 12.2. The molecule has 3 aromatic heterocycles. The van der Waals surface area contributed by atoms with Gasteiger partial charge in [0.15, 0.2) is 5.82 Å². The number of hydrogen-bond acceptors (Lipinski definition) is 6.